The Morgan fingerprint density at radius 3 is 2.46 bits per heavy atom. The summed E-state index contributed by atoms with van der Waals surface area (Å²) in [5.41, 5.74) is 4.19. The maximum atomic E-state index is 5.41. The van der Waals surface area contributed by atoms with Crippen molar-refractivity contribution in [1.82, 2.24) is 0 Å². The first-order chi connectivity index (χ1) is 6.43. The first-order valence-corrected chi connectivity index (χ1v) is 4.55. The second-order valence-corrected chi connectivity index (χ2v) is 3.49. The normalized spacial score (nSPS) is 13.5. The molecule has 3 rings (SSSR count). The van der Waals surface area contributed by atoms with E-state index in [4.69, 9.17) is 4.42 Å². The van der Waals surface area contributed by atoms with Crippen LogP contribution in [0.4, 0.5) is 0 Å². The van der Waals surface area contributed by atoms with Crippen molar-refractivity contribution in [1.29, 1.82) is 0 Å². The molecule has 0 radical (unpaired) electrons. The molecule has 64 valence electrons. The van der Waals surface area contributed by atoms with Gasteiger partial charge in [0.1, 0.15) is 5.76 Å². The third-order valence-electron chi connectivity index (χ3n) is 2.69. The molecule has 1 heterocycles. The highest BCUT2D eigenvalue weighted by atomic mass is 16.3. The van der Waals surface area contributed by atoms with Gasteiger partial charge < -0.3 is 4.42 Å². The smallest absolute Gasteiger partial charge is 0.111 e. The Morgan fingerprint density at radius 1 is 0.846 bits per heavy atom. The number of benzene rings is 1. The minimum atomic E-state index is 0.957. The molecule has 0 N–H and O–H groups in total. The van der Waals surface area contributed by atoms with Gasteiger partial charge in [-0.25, -0.2) is 0 Å². The zero-order chi connectivity index (χ0) is 8.67. The van der Waals surface area contributed by atoms with Crippen molar-refractivity contribution in [2.45, 2.75) is 12.8 Å². The highest BCUT2D eigenvalue weighted by Crippen LogP contribution is 2.27. The van der Waals surface area contributed by atoms with Crippen LogP contribution in [0.25, 0.3) is 0 Å². The minimum Gasteiger partial charge on any atom is -0.469 e. The second kappa shape index (κ2) is 2.49. The molecule has 1 aliphatic rings. The summed E-state index contributed by atoms with van der Waals surface area (Å²) in [6.45, 7) is 0. The van der Waals surface area contributed by atoms with Crippen LogP contribution in [0.1, 0.15) is 22.5 Å². The van der Waals surface area contributed by atoms with Crippen molar-refractivity contribution in [3.8, 4) is 0 Å². The van der Waals surface area contributed by atoms with E-state index in [0.29, 0.717) is 0 Å². The van der Waals surface area contributed by atoms with Crippen LogP contribution in [0.3, 0.4) is 0 Å². The Bertz CT molecular complexity index is 400. The number of hydrogen-bond acceptors (Lipinski definition) is 1. The molecule has 0 aliphatic heterocycles. The van der Waals surface area contributed by atoms with Crippen molar-refractivity contribution >= 4 is 0 Å². The molecule has 0 spiro atoms. The van der Waals surface area contributed by atoms with Crippen LogP contribution < -0.4 is 0 Å². The Labute approximate surface area is 77.0 Å². The average molecular weight is 170 g/mol. The quantitative estimate of drug-likeness (QED) is 0.505. The molecule has 2 aromatic rings. The molecule has 0 saturated heterocycles. The fraction of sp³-hybridized carbons (Fsp3) is 0.167. The molecule has 0 bridgehead atoms. The van der Waals surface area contributed by atoms with E-state index < -0.39 is 0 Å². The molecule has 0 fully saturated rings. The zero-order valence-corrected chi connectivity index (χ0v) is 7.29. The molecule has 1 aromatic carbocycles. The molecule has 1 aliphatic carbocycles. The molecule has 0 saturated carbocycles. The van der Waals surface area contributed by atoms with Gasteiger partial charge in [-0.05, 0) is 22.8 Å². The van der Waals surface area contributed by atoms with E-state index in [2.05, 4.69) is 30.3 Å². The molecular weight excluding hydrogens is 160 g/mol. The van der Waals surface area contributed by atoms with E-state index in [9.17, 15) is 0 Å². The van der Waals surface area contributed by atoms with Crippen molar-refractivity contribution in [2.75, 3.05) is 0 Å². The number of rotatable bonds is 0. The first kappa shape index (κ1) is 6.96. The lowest BCUT2D eigenvalue weighted by Gasteiger charge is -2.14. The van der Waals surface area contributed by atoms with Crippen LogP contribution >= 0.6 is 0 Å². The van der Waals surface area contributed by atoms with Crippen LogP contribution in [0, 0.1) is 0 Å². The fourth-order valence-corrected chi connectivity index (χ4v) is 1.96. The standard InChI is InChI=1S/C12H10O/c1-2-4-10-8-12-11(5-6-13-12)7-9(10)3-1/h1-6H,7-8H2. The Kier molecular flexibility index (Phi) is 1.33. The number of furan rings is 1. The predicted molar refractivity (Wildman–Crippen MR) is 50.8 cm³/mol. The third-order valence-corrected chi connectivity index (χ3v) is 2.69. The summed E-state index contributed by atoms with van der Waals surface area (Å²) in [4.78, 5) is 0. The largest absolute Gasteiger partial charge is 0.469 e. The topological polar surface area (TPSA) is 13.1 Å². The van der Waals surface area contributed by atoms with Crippen molar-refractivity contribution in [2.24, 2.45) is 0 Å². The van der Waals surface area contributed by atoms with E-state index in [1.165, 1.54) is 16.7 Å². The Balaban J connectivity index is 2.14. The summed E-state index contributed by atoms with van der Waals surface area (Å²) in [6, 6.07) is 10.6. The Morgan fingerprint density at radius 2 is 1.62 bits per heavy atom. The van der Waals surface area contributed by atoms with Crippen molar-refractivity contribution < 1.29 is 4.42 Å². The first-order valence-electron chi connectivity index (χ1n) is 4.55. The van der Waals surface area contributed by atoms with Gasteiger partial charge in [0, 0.05) is 12.8 Å². The van der Waals surface area contributed by atoms with Crippen LogP contribution in [0.15, 0.2) is 41.0 Å². The van der Waals surface area contributed by atoms with Crippen molar-refractivity contribution in [3.63, 3.8) is 0 Å². The molecule has 1 nitrogen and oxygen atoms in total. The minimum absolute atomic E-state index is 0.957. The van der Waals surface area contributed by atoms with E-state index in [-0.39, 0.29) is 0 Å². The summed E-state index contributed by atoms with van der Waals surface area (Å²) in [5, 5.41) is 0. The molecule has 0 atom stereocenters. The van der Waals surface area contributed by atoms with Gasteiger partial charge >= 0.3 is 0 Å². The van der Waals surface area contributed by atoms with Gasteiger partial charge in [-0.1, -0.05) is 24.3 Å². The SMILES string of the molecule is c1ccc2c(c1)Cc1ccoc1C2. The number of hydrogen-bond donors (Lipinski definition) is 0. The van der Waals surface area contributed by atoms with Crippen LogP contribution in [-0.4, -0.2) is 0 Å². The maximum absolute atomic E-state index is 5.41. The molecule has 0 unspecified atom stereocenters. The average Bonchev–Trinajstić information content (AvgIpc) is 2.61. The van der Waals surface area contributed by atoms with Crippen LogP contribution in [-0.2, 0) is 12.8 Å². The summed E-state index contributed by atoms with van der Waals surface area (Å²) in [5.74, 6) is 1.14. The lowest BCUT2D eigenvalue weighted by atomic mass is 9.91. The highest BCUT2D eigenvalue weighted by Gasteiger charge is 2.16. The molecular formula is C12H10O. The van der Waals surface area contributed by atoms with Gasteiger partial charge in [0.25, 0.3) is 0 Å². The Hall–Kier alpha value is -1.50. The molecule has 1 aromatic heterocycles. The van der Waals surface area contributed by atoms with Crippen LogP contribution in [0.5, 0.6) is 0 Å². The van der Waals surface area contributed by atoms with Crippen molar-refractivity contribution in [3.05, 3.63) is 59.0 Å². The van der Waals surface area contributed by atoms with E-state index in [1.807, 2.05) is 0 Å². The predicted octanol–water partition coefficient (Wildman–Crippen LogP) is 2.77. The highest BCUT2D eigenvalue weighted by molar-refractivity contribution is 5.41. The molecule has 13 heavy (non-hydrogen) atoms. The van der Waals surface area contributed by atoms with Gasteiger partial charge in [-0.15, -0.1) is 0 Å². The van der Waals surface area contributed by atoms with Gasteiger partial charge in [0.2, 0.25) is 0 Å². The summed E-state index contributed by atoms with van der Waals surface area (Å²) >= 11 is 0. The summed E-state index contributed by atoms with van der Waals surface area (Å²) < 4.78 is 5.41. The molecule has 1 heteroatoms. The van der Waals surface area contributed by atoms with E-state index in [0.717, 1.165) is 18.6 Å². The molecule has 0 amide bonds. The van der Waals surface area contributed by atoms with E-state index in [1.54, 1.807) is 6.26 Å². The monoisotopic (exact) mass is 170 g/mol. The lowest BCUT2D eigenvalue weighted by Crippen LogP contribution is -2.04. The van der Waals surface area contributed by atoms with Gasteiger partial charge in [0.05, 0.1) is 6.26 Å². The third kappa shape index (κ3) is 1.00. The zero-order valence-electron chi connectivity index (χ0n) is 7.29. The van der Waals surface area contributed by atoms with Crippen LogP contribution in [0.2, 0.25) is 0 Å². The fourth-order valence-electron chi connectivity index (χ4n) is 1.96. The van der Waals surface area contributed by atoms with E-state index >= 15 is 0 Å². The summed E-state index contributed by atoms with van der Waals surface area (Å²) in [6.07, 6.45) is 3.77. The van der Waals surface area contributed by atoms with Gasteiger partial charge in [0.15, 0.2) is 0 Å². The van der Waals surface area contributed by atoms with Gasteiger partial charge in [-0.3, -0.25) is 0 Å². The second-order valence-electron chi connectivity index (χ2n) is 3.49. The summed E-state index contributed by atoms with van der Waals surface area (Å²) in [7, 11) is 0. The number of fused-ring (bicyclic) bond motifs is 2. The van der Waals surface area contributed by atoms with Gasteiger partial charge in [-0.2, -0.15) is 0 Å². The maximum Gasteiger partial charge on any atom is 0.111 e. The lowest BCUT2D eigenvalue weighted by molar-refractivity contribution is 0.513.